The van der Waals surface area contributed by atoms with E-state index < -0.39 is 0 Å². The molecule has 0 radical (unpaired) electrons. The number of amides is 1. The second-order valence-electron chi connectivity index (χ2n) is 9.52. The van der Waals surface area contributed by atoms with Crippen LogP contribution in [0.25, 0.3) is 33.4 Å². The Morgan fingerprint density at radius 3 is 2.89 bits per heavy atom. The maximum Gasteiger partial charge on any atom is 0.220 e. The van der Waals surface area contributed by atoms with Crippen LogP contribution in [-0.4, -0.2) is 57.7 Å². The van der Waals surface area contributed by atoms with E-state index in [0.717, 1.165) is 65.0 Å². The van der Waals surface area contributed by atoms with Gasteiger partial charge in [-0.25, -0.2) is 0 Å². The van der Waals surface area contributed by atoms with Crippen LogP contribution >= 0.6 is 0 Å². The van der Waals surface area contributed by atoms with Crippen LogP contribution < -0.4 is 5.32 Å². The van der Waals surface area contributed by atoms with Crippen LogP contribution in [0.3, 0.4) is 0 Å². The van der Waals surface area contributed by atoms with Crippen LogP contribution in [0.2, 0.25) is 0 Å². The summed E-state index contributed by atoms with van der Waals surface area (Å²) in [6.45, 7) is 4.46. The maximum atomic E-state index is 12.2. The van der Waals surface area contributed by atoms with Crippen molar-refractivity contribution in [3.05, 3.63) is 65.6 Å². The van der Waals surface area contributed by atoms with Crippen LogP contribution in [-0.2, 0) is 24.2 Å². The summed E-state index contributed by atoms with van der Waals surface area (Å²) in [7, 11) is 4.00. The van der Waals surface area contributed by atoms with Gasteiger partial charge in [0.2, 0.25) is 5.91 Å². The molecule has 1 aliphatic rings. The summed E-state index contributed by atoms with van der Waals surface area (Å²) >= 11 is 0. The Morgan fingerprint density at radius 1 is 1.17 bits per heavy atom. The summed E-state index contributed by atoms with van der Waals surface area (Å²) in [6, 6.07) is 14.6. The standard InChI is InChI=1S/C28H32N6O/c1-19-6-4-7-23(31-19)28-27(25-8-5-16-34(25)32-28)22-13-14-29-24-18-20(9-11-21(22)24)10-12-26(35)30-15-17-33(2)3/h4,6-7,9,11,13-14,18H,5,8,10,12,15-17H2,1-3H3,(H,30,35). The van der Waals surface area contributed by atoms with Gasteiger partial charge in [-0.2, -0.15) is 5.10 Å². The number of nitrogens with one attached hydrogen (secondary N) is 1. The van der Waals surface area contributed by atoms with Gasteiger partial charge in [-0.05, 0) is 75.7 Å². The highest BCUT2D eigenvalue weighted by molar-refractivity contribution is 5.99. The molecule has 7 heteroatoms. The summed E-state index contributed by atoms with van der Waals surface area (Å²) in [5, 5.41) is 9.06. The third-order valence-electron chi connectivity index (χ3n) is 6.57. The fraction of sp³-hybridized carbons (Fsp3) is 0.357. The Balaban J connectivity index is 1.45. The molecular formula is C28H32N6O. The zero-order valence-electron chi connectivity index (χ0n) is 20.7. The summed E-state index contributed by atoms with van der Waals surface area (Å²) in [5.41, 5.74) is 8.47. The van der Waals surface area contributed by atoms with E-state index in [1.807, 2.05) is 45.4 Å². The first kappa shape index (κ1) is 23.2. The first-order valence-corrected chi connectivity index (χ1v) is 12.3. The molecule has 0 atom stereocenters. The van der Waals surface area contributed by atoms with Crippen molar-refractivity contribution in [3.63, 3.8) is 0 Å². The van der Waals surface area contributed by atoms with E-state index >= 15 is 0 Å². The Kier molecular flexibility index (Phi) is 6.59. The number of pyridine rings is 2. The largest absolute Gasteiger partial charge is 0.355 e. The second kappa shape index (κ2) is 9.96. The van der Waals surface area contributed by atoms with E-state index in [4.69, 9.17) is 10.1 Å². The van der Waals surface area contributed by atoms with Crippen LogP contribution in [0.5, 0.6) is 0 Å². The van der Waals surface area contributed by atoms with Crippen molar-refractivity contribution in [2.75, 3.05) is 27.2 Å². The molecule has 0 spiro atoms. The maximum absolute atomic E-state index is 12.2. The van der Waals surface area contributed by atoms with Crippen molar-refractivity contribution in [2.24, 2.45) is 0 Å². The summed E-state index contributed by atoms with van der Waals surface area (Å²) in [4.78, 5) is 23.7. The molecule has 0 saturated carbocycles. The zero-order chi connectivity index (χ0) is 24.4. The fourth-order valence-corrected chi connectivity index (χ4v) is 4.80. The third kappa shape index (κ3) is 4.95. The number of aromatic nitrogens is 4. The summed E-state index contributed by atoms with van der Waals surface area (Å²) < 4.78 is 2.14. The lowest BCUT2D eigenvalue weighted by molar-refractivity contribution is -0.121. The van der Waals surface area contributed by atoms with E-state index in [1.54, 1.807) is 0 Å². The minimum Gasteiger partial charge on any atom is -0.355 e. The molecule has 3 aromatic heterocycles. The van der Waals surface area contributed by atoms with Crippen molar-refractivity contribution in [2.45, 2.75) is 39.2 Å². The predicted octanol–water partition coefficient (Wildman–Crippen LogP) is 4.03. The quantitative estimate of drug-likeness (QED) is 0.423. The number of rotatable bonds is 8. The van der Waals surface area contributed by atoms with Gasteiger partial charge in [-0.15, -0.1) is 0 Å². The number of nitrogens with zero attached hydrogens (tertiary/aromatic N) is 5. The van der Waals surface area contributed by atoms with E-state index in [2.05, 4.69) is 44.1 Å². The normalized spacial score (nSPS) is 12.9. The molecular weight excluding hydrogens is 436 g/mol. The Bertz CT molecular complexity index is 1370. The molecule has 1 amide bonds. The molecule has 5 rings (SSSR count). The van der Waals surface area contributed by atoms with Crippen LogP contribution in [0.1, 0.15) is 29.8 Å². The lowest BCUT2D eigenvalue weighted by atomic mass is 9.95. The number of hydrogen-bond donors (Lipinski definition) is 1. The molecule has 1 aliphatic heterocycles. The number of aryl methyl sites for hydroxylation is 3. The van der Waals surface area contributed by atoms with Crippen molar-refractivity contribution in [1.82, 2.24) is 30.0 Å². The van der Waals surface area contributed by atoms with Crippen molar-refractivity contribution in [1.29, 1.82) is 0 Å². The van der Waals surface area contributed by atoms with Crippen LogP contribution in [0, 0.1) is 6.92 Å². The minimum absolute atomic E-state index is 0.0828. The summed E-state index contributed by atoms with van der Waals surface area (Å²) in [6.07, 6.45) is 5.16. The van der Waals surface area contributed by atoms with Crippen molar-refractivity contribution < 1.29 is 4.79 Å². The van der Waals surface area contributed by atoms with Gasteiger partial charge < -0.3 is 10.2 Å². The molecule has 1 aromatic carbocycles. The van der Waals surface area contributed by atoms with E-state index in [9.17, 15) is 4.79 Å². The van der Waals surface area contributed by atoms with Gasteiger partial charge in [0.05, 0.1) is 11.2 Å². The second-order valence-corrected chi connectivity index (χ2v) is 9.52. The number of carbonyl (C=O) groups is 1. The van der Waals surface area contributed by atoms with Crippen LogP contribution in [0.15, 0.2) is 48.7 Å². The van der Waals surface area contributed by atoms with Gasteiger partial charge in [0.25, 0.3) is 0 Å². The predicted molar refractivity (Wildman–Crippen MR) is 139 cm³/mol. The lowest BCUT2D eigenvalue weighted by Gasteiger charge is -2.11. The molecule has 1 N–H and O–H groups in total. The topological polar surface area (TPSA) is 75.9 Å². The van der Waals surface area contributed by atoms with E-state index in [0.29, 0.717) is 19.4 Å². The highest BCUT2D eigenvalue weighted by Crippen LogP contribution is 2.39. The minimum atomic E-state index is 0.0828. The molecule has 7 nitrogen and oxygen atoms in total. The van der Waals surface area contributed by atoms with Gasteiger partial charge >= 0.3 is 0 Å². The van der Waals surface area contributed by atoms with Gasteiger partial charge in [0, 0.05) is 54.6 Å². The van der Waals surface area contributed by atoms with Crippen molar-refractivity contribution >= 4 is 16.8 Å². The number of likely N-dealkylation sites (N-methyl/N-ethyl adjacent to an activating group) is 1. The van der Waals surface area contributed by atoms with Crippen LogP contribution in [0.4, 0.5) is 0 Å². The average Bonchev–Trinajstić information content (AvgIpc) is 3.43. The molecule has 0 unspecified atom stereocenters. The SMILES string of the molecule is Cc1cccc(-c2nn3c(c2-c2ccnc4cc(CCC(=O)NCCN(C)C)ccc24)CCC3)n1. The Hall–Kier alpha value is -3.58. The van der Waals surface area contributed by atoms with Gasteiger partial charge in [-0.3, -0.25) is 19.4 Å². The van der Waals surface area contributed by atoms with E-state index in [-0.39, 0.29) is 5.91 Å². The molecule has 0 saturated heterocycles. The Labute approximate surface area is 206 Å². The molecule has 4 heterocycles. The number of hydrogen-bond acceptors (Lipinski definition) is 5. The van der Waals surface area contributed by atoms with E-state index in [1.165, 1.54) is 11.3 Å². The fourth-order valence-electron chi connectivity index (χ4n) is 4.80. The molecule has 0 aliphatic carbocycles. The number of carbonyl (C=O) groups excluding carboxylic acids is 1. The average molecular weight is 469 g/mol. The third-order valence-corrected chi connectivity index (χ3v) is 6.57. The molecule has 4 aromatic rings. The Morgan fingerprint density at radius 2 is 2.06 bits per heavy atom. The zero-order valence-corrected chi connectivity index (χ0v) is 20.7. The highest BCUT2D eigenvalue weighted by Gasteiger charge is 2.25. The van der Waals surface area contributed by atoms with Crippen molar-refractivity contribution in [3.8, 4) is 22.5 Å². The van der Waals surface area contributed by atoms with Gasteiger partial charge in [-0.1, -0.05) is 18.2 Å². The smallest absolute Gasteiger partial charge is 0.220 e. The molecule has 180 valence electrons. The van der Waals surface area contributed by atoms with Gasteiger partial charge in [0.1, 0.15) is 5.69 Å². The lowest BCUT2D eigenvalue weighted by Crippen LogP contribution is -2.31. The van der Waals surface area contributed by atoms with Gasteiger partial charge in [0.15, 0.2) is 0 Å². The first-order chi connectivity index (χ1) is 17.0. The highest BCUT2D eigenvalue weighted by atomic mass is 16.1. The monoisotopic (exact) mass is 468 g/mol. The number of fused-ring (bicyclic) bond motifs is 2. The summed E-state index contributed by atoms with van der Waals surface area (Å²) in [5.74, 6) is 0.0828. The number of benzene rings is 1. The molecule has 0 bridgehead atoms. The first-order valence-electron chi connectivity index (χ1n) is 12.3. The molecule has 35 heavy (non-hydrogen) atoms. The molecule has 0 fully saturated rings.